The Bertz CT molecular complexity index is 717. The third-order valence-electron chi connectivity index (χ3n) is 3.95. The van der Waals surface area contributed by atoms with Crippen LogP contribution in [0.4, 0.5) is 5.82 Å². The number of hydrogen-bond donors (Lipinski definition) is 0. The Hall–Kier alpha value is -2.54. The third kappa shape index (κ3) is 3.51. The van der Waals surface area contributed by atoms with Crippen molar-refractivity contribution in [3.05, 3.63) is 47.7 Å². The number of aryl methyl sites for hydroxylation is 1. The van der Waals surface area contributed by atoms with Crippen LogP contribution >= 0.6 is 0 Å². The van der Waals surface area contributed by atoms with Crippen LogP contribution in [0.1, 0.15) is 27.8 Å². The highest BCUT2D eigenvalue weighted by Gasteiger charge is 2.24. The van der Waals surface area contributed by atoms with E-state index in [0.29, 0.717) is 18.7 Å². The van der Waals surface area contributed by atoms with Gasteiger partial charge in [0.05, 0.1) is 24.4 Å². The molecule has 7 heteroatoms. The van der Waals surface area contributed by atoms with Gasteiger partial charge in [-0.2, -0.15) is 0 Å². The van der Waals surface area contributed by atoms with E-state index in [-0.39, 0.29) is 12.0 Å². The zero-order valence-corrected chi connectivity index (χ0v) is 14.1. The van der Waals surface area contributed by atoms with Crippen molar-refractivity contribution in [2.45, 2.75) is 13.0 Å². The third-order valence-corrected chi connectivity index (χ3v) is 3.95. The molecule has 0 radical (unpaired) electrons. The van der Waals surface area contributed by atoms with E-state index in [1.54, 1.807) is 32.7 Å². The van der Waals surface area contributed by atoms with Crippen LogP contribution in [0.2, 0.25) is 0 Å². The first kappa shape index (κ1) is 16.3. The first-order valence-corrected chi connectivity index (χ1v) is 7.87. The lowest BCUT2D eigenvalue weighted by atomic mass is 10.1. The summed E-state index contributed by atoms with van der Waals surface area (Å²) in [5, 5.41) is 0. The molecule has 0 aromatic carbocycles. The Morgan fingerprint density at radius 3 is 2.79 bits per heavy atom. The molecule has 1 saturated heterocycles. The fraction of sp³-hybridized carbons (Fsp3) is 0.412. The van der Waals surface area contributed by atoms with Crippen molar-refractivity contribution in [2.75, 3.05) is 38.7 Å². The summed E-state index contributed by atoms with van der Waals surface area (Å²) in [5.74, 6) is 0.840. The second-order valence-corrected chi connectivity index (χ2v) is 5.99. The Labute approximate surface area is 141 Å². The summed E-state index contributed by atoms with van der Waals surface area (Å²) in [6.45, 7) is 4.01. The van der Waals surface area contributed by atoms with Gasteiger partial charge in [0, 0.05) is 38.6 Å². The molecular weight excluding hydrogens is 306 g/mol. The number of aromatic nitrogens is 3. The molecule has 1 amide bonds. The second kappa shape index (κ2) is 6.92. The Morgan fingerprint density at radius 1 is 1.29 bits per heavy atom. The maximum atomic E-state index is 11.9. The van der Waals surface area contributed by atoms with Crippen molar-refractivity contribution in [1.29, 1.82) is 0 Å². The van der Waals surface area contributed by atoms with Crippen molar-refractivity contribution >= 4 is 11.7 Å². The number of amides is 1. The summed E-state index contributed by atoms with van der Waals surface area (Å²) >= 11 is 0. The van der Waals surface area contributed by atoms with E-state index in [4.69, 9.17) is 4.74 Å². The highest BCUT2D eigenvalue weighted by atomic mass is 16.5. The molecule has 0 spiro atoms. The van der Waals surface area contributed by atoms with Crippen LogP contribution in [0.15, 0.2) is 30.7 Å². The molecule has 126 valence electrons. The molecule has 2 aromatic heterocycles. The molecule has 2 aromatic rings. The van der Waals surface area contributed by atoms with E-state index < -0.39 is 0 Å². The lowest BCUT2D eigenvalue weighted by molar-refractivity contribution is 0.0367. The van der Waals surface area contributed by atoms with Crippen LogP contribution in [-0.2, 0) is 4.74 Å². The number of morpholine rings is 1. The number of anilines is 1. The number of rotatable bonds is 3. The summed E-state index contributed by atoms with van der Waals surface area (Å²) in [6, 6.07) is 5.62. The minimum Gasteiger partial charge on any atom is -0.368 e. The van der Waals surface area contributed by atoms with Gasteiger partial charge in [-0.3, -0.25) is 9.78 Å². The summed E-state index contributed by atoms with van der Waals surface area (Å²) in [5.41, 5.74) is 2.33. The van der Waals surface area contributed by atoms with Crippen LogP contribution in [0.5, 0.6) is 0 Å². The number of ether oxygens (including phenoxy) is 1. The largest absolute Gasteiger partial charge is 0.368 e. The SMILES string of the molecule is Cc1cc(N2CCOC(c3ccc(C(=O)N(C)C)cn3)C2)ncn1. The fourth-order valence-electron chi connectivity index (χ4n) is 2.63. The molecule has 0 bridgehead atoms. The van der Waals surface area contributed by atoms with Crippen molar-refractivity contribution in [2.24, 2.45) is 0 Å². The highest BCUT2D eigenvalue weighted by Crippen LogP contribution is 2.24. The van der Waals surface area contributed by atoms with Crippen LogP contribution in [0.25, 0.3) is 0 Å². The quantitative estimate of drug-likeness (QED) is 0.850. The molecule has 1 atom stereocenters. The van der Waals surface area contributed by atoms with E-state index in [0.717, 1.165) is 23.8 Å². The molecule has 0 aliphatic carbocycles. The summed E-state index contributed by atoms with van der Waals surface area (Å²) in [6.07, 6.45) is 3.04. The monoisotopic (exact) mass is 327 g/mol. The van der Waals surface area contributed by atoms with E-state index in [9.17, 15) is 4.79 Å². The zero-order valence-electron chi connectivity index (χ0n) is 14.1. The topological polar surface area (TPSA) is 71.5 Å². The van der Waals surface area contributed by atoms with Gasteiger partial charge in [0.2, 0.25) is 0 Å². The lowest BCUT2D eigenvalue weighted by Gasteiger charge is -2.33. The van der Waals surface area contributed by atoms with Gasteiger partial charge in [-0.1, -0.05) is 0 Å². The van der Waals surface area contributed by atoms with Gasteiger partial charge in [-0.15, -0.1) is 0 Å². The number of hydrogen-bond acceptors (Lipinski definition) is 6. The van der Waals surface area contributed by atoms with E-state index in [2.05, 4.69) is 19.9 Å². The molecule has 0 N–H and O–H groups in total. The zero-order chi connectivity index (χ0) is 17.1. The average molecular weight is 327 g/mol. The molecular formula is C17H21N5O2. The maximum absolute atomic E-state index is 11.9. The molecule has 1 aliphatic heterocycles. The predicted molar refractivity (Wildman–Crippen MR) is 89.9 cm³/mol. The number of pyridine rings is 1. The summed E-state index contributed by atoms with van der Waals surface area (Å²) in [4.78, 5) is 28.5. The van der Waals surface area contributed by atoms with Gasteiger partial charge in [0.15, 0.2) is 0 Å². The molecule has 3 heterocycles. The number of nitrogens with zero attached hydrogens (tertiary/aromatic N) is 5. The molecule has 3 rings (SSSR count). The number of carbonyl (C=O) groups excluding carboxylic acids is 1. The van der Waals surface area contributed by atoms with Gasteiger partial charge in [0.25, 0.3) is 5.91 Å². The van der Waals surface area contributed by atoms with Crippen molar-refractivity contribution < 1.29 is 9.53 Å². The van der Waals surface area contributed by atoms with Crippen LogP contribution in [-0.4, -0.2) is 59.6 Å². The van der Waals surface area contributed by atoms with Crippen molar-refractivity contribution in [3.8, 4) is 0 Å². The molecule has 1 unspecified atom stereocenters. The number of carbonyl (C=O) groups is 1. The maximum Gasteiger partial charge on any atom is 0.254 e. The van der Waals surface area contributed by atoms with Crippen molar-refractivity contribution in [3.63, 3.8) is 0 Å². The molecule has 1 aliphatic rings. The first-order chi connectivity index (χ1) is 11.5. The Kier molecular flexibility index (Phi) is 4.71. The van der Waals surface area contributed by atoms with Crippen LogP contribution in [0, 0.1) is 6.92 Å². The molecule has 7 nitrogen and oxygen atoms in total. The van der Waals surface area contributed by atoms with Gasteiger partial charge in [0.1, 0.15) is 18.2 Å². The van der Waals surface area contributed by atoms with Gasteiger partial charge >= 0.3 is 0 Å². The minimum atomic E-state index is -0.141. The normalized spacial score (nSPS) is 17.6. The standard InChI is InChI=1S/C17H21N5O2/c1-12-8-16(20-11-19-12)22-6-7-24-15(10-22)14-5-4-13(9-18-14)17(23)21(2)3/h4-5,8-9,11,15H,6-7,10H2,1-3H3. The smallest absolute Gasteiger partial charge is 0.254 e. The van der Waals surface area contributed by atoms with Gasteiger partial charge < -0.3 is 14.5 Å². The van der Waals surface area contributed by atoms with E-state index in [1.807, 2.05) is 19.1 Å². The average Bonchev–Trinajstić information content (AvgIpc) is 2.61. The van der Waals surface area contributed by atoms with Gasteiger partial charge in [-0.25, -0.2) is 9.97 Å². The predicted octanol–water partition coefficient (Wildman–Crippen LogP) is 1.46. The van der Waals surface area contributed by atoms with E-state index >= 15 is 0 Å². The molecule has 0 saturated carbocycles. The van der Waals surface area contributed by atoms with Crippen LogP contribution in [0.3, 0.4) is 0 Å². The summed E-state index contributed by atoms with van der Waals surface area (Å²) < 4.78 is 5.85. The van der Waals surface area contributed by atoms with Crippen LogP contribution < -0.4 is 4.90 Å². The minimum absolute atomic E-state index is 0.0586. The highest BCUT2D eigenvalue weighted by molar-refractivity contribution is 5.93. The van der Waals surface area contributed by atoms with Crippen molar-refractivity contribution in [1.82, 2.24) is 19.9 Å². The van der Waals surface area contributed by atoms with Gasteiger partial charge in [-0.05, 0) is 19.1 Å². The molecule has 24 heavy (non-hydrogen) atoms. The van der Waals surface area contributed by atoms with E-state index in [1.165, 1.54) is 4.90 Å². The Balaban J connectivity index is 1.74. The fourth-order valence-corrected chi connectivity index (χ4v) is 2.63. The first-order valence-electron chi connectivity index (χ1n) is 7.87. The second-order valence-electron chi connectivity index (χ2n) is 5.99. The lowest BCUT2D eigenvalue weighted by Crippen LogP contribution is -2.39. The Morgan fingerprint density at radius 2 is 2.12 bits per heavy atom. The molecule has 1 fully saturated rings. The summed E-state index contributed by atoms with van der Waals surface area (Å²) in [7, 11) is 3.45.